The van der Waals surface area contributed by atoms with Crippen LogP contribution in [-0.2, 0) is 24.0 Å². The van der Waals surface area contributed by atoms with Crippen LogP contribution in [0.5, 0.6) is 11.5 Å². The lowest BCUT2D eigenvalue weighted by atomic mass is 9.59. The maximum atomic E-state index is 13.5. The number of Topliss-reactive ketones (excluding diaryl/α,β-unsaturated/α-hetero) is 1. The molecule has 9 nitrogen and oxygen atoms in total. The van der Waals surface area contributed by atoms with Crippen LogP contribution in [0.3, 0.4) is 0 Å². The Hall–Kier alpha value is -4.01. The largest absolute Gasteiger partial charge is 0.507 e. The molecule has 0 aromatic heterocycles. The number of fused-ring (bicyclic) bond motifs is 3. The Labute approximate surface area is 213 Å². The molecule has 37 heavy (non-hydrogen) atoms. The maximum Gasteiger partial charge on any atom is 0.303 e. The lowest BCUT2D eigenvalue weighted by Crippen LogP contribution is -2.40. The smallest absolute Gasteiger partial charge is 0.303 e. The third-order valence-corrected chi connectivity index (χ3v) is 7.98. The minimum atomic E-state index is -1.00. The molecule has 0 saturated carbocycles. The molecular formula is C28H27NO8. The summed E-state index contributed by atoms with van der Waals surface area (Å²) in [5.74, 6) is -4.54. The Morgan fingerprint density at radius 2 is 1.89 bits per heavy atom. The van der Waals surface area contributed by atoms with Gasteiger partial charge in [-0.05, 0) is 44.2 Å². The summed E-state index contributed by atoms with van der Waals surface area (Å²) < 4.78 is 5.21. The molecule has 0 unspecified atom stereocenters. The average Bonchev–Trinajstić information content (AvgIpc) is 3.11. The number of aromatic hydroxyl groups is 1. The van der Waals surface area contributed by atoms with Crippen molar-refractivity contribution in [3.8, 4) is 11.5 Å². The van der Waals surface area contributed by atoms with E-state index < -0.39 is 29.6 Å². The fraction of sp³-hybridized carbons (Fsp3) is 0.393. The molecule has 2 N–H and O–H groups in total. The fourth-order valence-electron chi connectivity index (χ4n) is 6.29. The van der Waals surface area contributed by atoms with Crippen molar-refractivity contribution in [2.45, 2.75) is 38.5 Å². The summed E-state index contributed by atoms with van der Waals surface area (Å²) in [4.78, 5) is 65.3. The topological polar surface area (TPSA) is 138 Å². The van der Waals surface area contributed by atoms with Gasteiger partial charge in [0.05, 0.1) is 18.9 Å². The zero-order valence-corrected chi connectivity index (χ0v) is 20.5. The Morgan fingerprint density at radius 3 is 2.57 bits per heavy atom. The number of methoxy groups -OCH3 is 1. The molecule has 9 heteroatoms. The van der Waals surface area contributed by atoms with Gasteiger partial charge in [0.1, 0.15) is 11.5 Å². The van der Waals surface area contributed by atoms with E-state index in [0.29, 0.717) is 28.0 Å². The van der Waals surface area contributed by atoms with Gasteiger partial charge in [-0.3, -0.25) is 28.9 Å². The molecule has 2 amide bonds. The molecule has 1 aliphatic heterocycles. The van der Waals surface area contributed by atoms with Crippen molar-refractivity contribution >= 4 is 29.4 Å². The van der Waals surface area contributed by atoms with Gasteiger partial charge in [0.2, 0.25) is 11.8 Å². The molecular weight excluding hydrogens is 478 g/mol. The summed E-state index contributed by atoms with van der Waals surface area (Å²) in [5.41, 5.74) is 2.09. The minimum absolute atomic E-state index is 0.0228. The van der Waals surface area contributed by atoms with Crippen molar-refractivity contribution in [3.05, 3.63) is 58.2 Å². The van der Waals surface area contributed by atoms with E-state index in [9.17, 15) is 29.1 Å². The normalized spacial score (nSPS) is 26.9. The Bertz CT molecular complexity index is 1350. The first-order valence-corrected chi connectivity index (χ1v) is 12.3. The third kappa shape index (κ3) is 3.89. The number of ketones is 2. The van der Waals surface area contributed by atoms with Crippen LogP contribution >= 0.6 is 0 Å². The van der Waals surface area contributed by atoms with Gasteiger partial charge in [0.25, 0.3) is 0 Å². The van der Waals surface area contributed by atoms with E-state index in [-0.39, 0.29) is 61.4 Å². The fourth-order valence-corrected chi connectivity index (χ4v) is 6.29. The lowest BCUT2D eigenvalue weighted by molar-refractivity contribution is -0.142. The number of imide groups is 1. The number of carboxylic acids is 1. The maximum absolute atomic E-state index is 13.5. The van der Waals surface area contributed by atoms with Gasteiger partial charge in [-0.15, -0.1) is 0 Å². The number of phenols is 1. The van der Waals surface area contributed by atoms with E-state index >= 15 is 0 Å². The number of amides is 2. The first kappa shape index (κ1) is 24.7. The Morgan fingerprint density at radius 1 is 1.14 bits per heavy atom. The quantitative estimate of drug-likeness (QED) is 0.342. The Kier molecular flexibility index (Phi) is 6.09. The number of rotatable bonds is 6. The number of likely N-dealkylation sites (tertiary alicyclic amines) is 1. The number of aliphatic carboxylic acids is 1. The van der Waals surface area contributed by atoms with Gasteiger partial charge in [0.15, 0.2) is 11.6 Å². The van der Waals surface area contributed by atoms with E-state index in [2.05, 4.69) is 0 Å². The number of hydrogen-bond donors (Lipinski definition) is 2. The summed E-state index contributed by atoms with van der Waals surface area (Å²) in [6, 6.07) is 4.76. The molecule has 1 saturated heterocycles. The number of phenolic OH excluding ortho intramolecular Hbond substituents is 1. The van der Waals surface area contributed by atoms with Crippen LogP contribution in [0.15, 0.2) is 52.6 Å². The number of carbonyl (C=O) groups is 5. The monoisotopic (exact) mass is 505 g/mol. The van der Waals surface area contributed by atoms with E-state index in [1.165, 1.54) is 19.3 Å². The molecule has 0 spiro atoms. The number of allylic oxidation sites excluding steroid dienone is 6. The van der Waals surface area contributed by atoms with Crippen LogP contribution in [0.2, 0.25) is 0 Å². The predicted octanol–water partition coefficient (Wildman–Crippen LogP) is 2.70. The molecule has 0 radical (unpaired) electrons. The second kappa shape index (κ2) is 9.14. The van der Waals surface area contributed by atoms with Gasteiger partial charge in [0, 0.05) is 47.2 Å². The Balaban J connectivity index is 1.59. The summed E-state index contributed by atoms with van der Waals surface area (Å²) in [6.45, 7) is 1.61. The van der Waals surface area contributed by atoms with Crippen molar-refractivity contribution in [2.75, 3.05) is 13.7 Å². The number of hydrogen-bond acceptors (Lipinski definition) is 7. The number of ether oxygens (including phenoxy) is 1. The van der Waals surface area contributed by atoms with Crippen molar-refractivity contribution in [2.24, 2.45) is 17.8 Å². The number of benzene rings is 1. The summed E-state index contributed by atoms with van der Waals surface area (Å²) >= 11 is 0. The van der Waals surface area contributed by atoms with Crippen molar-refractivity contribution in [3.63, 3.8) is 0 Å². The highest BCUT2D eigenvalue weighted by atomic mass is 16.5. The third-order valence-electron chi connectivity index (χ3n) is 7.98. The van der Waals surface area contributed by atoms with E-state index in [1.54, 1.807) is 19.1 Å². The van der Waals surface area contributed by atoms with Crippen LogP contribution in [0.25, 0.3) is 0 Å². The zero-order valence-electron chi connectivity index (χ0n) is 20.5. The van der Waals surface area contributed by atoms with Crippen LogP contribution in [0, 0.1) is 17.8 Å². The van der Waals surface area contributed by atoms with Crippen LogP contribution in [-0.4, -0.2) is 58.1 Å². The van der Waals surface area contributed by atoms with Gasteiger partial charge in [-0.2, -0.15) is 0 Å². The summed E-state index contributed by atoms with van der Waals surface area (Å²) in [5, 5.41) is 19.9. The van der Waals surface area contributed by atoms with Crippen molar-refractivity contribution in [1.82, 2.24) is 4.90 Å². The SMILES string of the molecule is COc1ccc([C@H]2C3=CC[C@@H]4C(=O)N(CCCC(=O)O)C(=O)[C@@H]4[C@@H]3CC3=C2C(=O)C(C)=CC3=O)c(O)c1. The first-order valence-electron chi connectivity index (χ1n) is 12.3. The highest BCUT2D eigenvalue weighted by molar-refractivity contribution is 6.24. The average molecular weight is 506 g/mol. The highest BCUT2D eigenvalue weighted by Gasteiger charge is 2.56. The summed E-state index contributed by atoms with van der Waals surface area (Å²) in [7, 11) is 1.47. The highest BCUT2D eigenvalue weighted by Crippen LogP contribution is 2.56. The molecule has 1 fully saturated rings. The lowest BCUT2D eigenvalue weighted by Gasteiger charge is -2.42. The number of nitrogens with zero attached hydrogens (tertiary/aromatic N) is 1. The van der Waals surface area contributed by atoms with Crippen LogP contribution in [0.1, 0.15) is 44.1 Å². The molecule has 5 rings (SSSR count). The molecule has 1 aromatic carbocycles. The van der Waals surface area contributed by atoms with Crippen molar-refractivity contribution < 1.29 is 38.9 Å². The second-order valence-electron chi connectivity index (χ2n) is 9.98. The molecule has 4 atom stereocenters. The second-order valence-corrected chi connectivity index (χ2v) is 9.98. The van der Waals surface area contributed by atoms with Gasteiger partial charge < -0.3 is 14.9 Å². The van der Waals surface area contributed by atoms with Gasteiger partial charge >= 0.3 is 5.97 Å². The molecule has 1 heterocycles. The van der Waals surface area contributed by atoms with E-state index in [4.69, 9.17) is 9.84 Å². The van der Waals surface area contributed by atoms with Gasteiger partial charge in [-0.1, -0.05) is 17.7 Å². The number of carbonyl (C=O) groups excluding carboxylic acids is 4. The standard InChI is InChI=1S/C28H27NO8/c1-13-10-20(30)19-12-18-15(23(25(19)26(13)34)16-6-5-14(37-2)11-21(16)31)7-8-17-24(18)28(36)29(27(17)35)9-3-4-22(32)33/h5-7,10-11,17-18,23-24,31H,3-4,8-9,12H2,1-2H3,(H,32,33)/t17-,18+,23+,24-/m0/s1. The van der Waals surface area contributed by atoms with E-state index in [0.717, 1.165) is 10.5 Å². The van der Waals surface area contributed by atoms with Gasteiger partial charge in [-0.25, -0.2) is 0 Å². The molecule has 3 aliphatic carbocycles. The minimum Gasteiger partial charge on any atom is -0.507 e. The van der Waals surface area contributed by atoms with Crippen LogP contribution in [0.4, 0.5) is 0 Å². The number of carboxylic acid groups (broad SMARTS) is 1. The van der Waals surface area contributed by atoms with Crippen molar-refractivity contribution in [1.29, 1.82) is 0 Å². The predicted molar refractivity (Wildman–Crippen MR) is 130 cm³/mol. The summed E-state index contributed by atoms with van der Waals surface area (Å²) in [6.07, 6.45) is 3.61. The molecule has 4 aliphatic rings. The molecule has 0 bridgehead atoms. The molecule has 1 aromatic rings. The van der Waals surface area contributed by atoms with E-state index in [1.807, 2.05) is 6.08 Å². The van der Waals surface area contributed by atoms with Crippen LogP contribution < -0.4 is 4.74 Å². The zero-order chi connectivity index (χ0) is 26.6. The first-order chi connectivity index (χ1) is 17.6. The molecule has 192 valence electrons.